The number of nitrogens with one attached hydrogen (secondary N) is 1. The van der Waals surface area contributed by atoms with Crippen molar-refractivity contribution in [2.75, 3.05) is 29.2 Å². The molecule has 1 aromatic heterocycles. The molecule has 1 unspecified atom stereocenters. The molecule has 2 heterocycles. The van der Waals surface area contributed by atoms with Crippen molar-refractivity contribution >= 4 is 27.6 Å². The Kier molecular flexibility index (Phi) is 4.84. The van der Waals surface area contributed by atoms with Crippen LogP contribution in [0.15, 0.2) is 4.42 Å². The highest BCUT2D eigenvalue weighted by atomic mass is 32.2. The smallest absolute Gasteiger partial charge is 0.319 e. The van der Waals surface area contributed by atoms with Gasteiger partial charge in [-0.1, -0.05) is 5.10 Å². The lowest BCUT2D eigenvalue weighted by Crippen LogP contribution is -2.47. The Morgan fingerprint density at radius 2 is 2.14 bits per heavy atom. The molecule has 0 aromatic carbocycles. The van der Waals surface area contributed by atoms with Crippen LogP contribution in [0.3, 0.4) is 0 Å². The predicted molar refractivity (Wildman–Crippen MR) is 84.2 cm³/mol. The summed E-state index contributed by atoms with van der Waals surface area (Å²) < 4.78 is 29.4. The topological polar surface area (TPSA) is 88.3 Å². The third-order valence-corrected chi connectivity index (χ3v) is 5.69. The van der Waals surface area contributed by atoms with Gasteiger partial charge in [0.05, 0.1) is 6.54 Å². The predicted octanol–water partition coefficient (Wildman–Crippen LogP) is 0.882. The van der Waals surface area contributed by atoms with Gasteiger partial charge in [-0.15, -0.1) is 5.10 Å². The molecule has 1 atom stereocenters. The highest BCUT2D eigenvalue weighted by Crippen LogP contribution is 2.25. The van der Waals surface area contributed by atoms with Gasteiger partial charge < -0.3 is 14.6 Å². The van der Waals surface area contributed by atoms with Crippen molar-refractivity contribution in [2.24, 2.45) is 0 Å². The molecule has 120 valence electrons. The third-order valence-electron chi connectivity index (χ3n) is 3.05. The molecule has 1 aliphatic rings. The average Bonchev–Trinajstić information content (AvgIpc) is 2.83. The van der Waals surface area contributed by atoms with Crippen LogP contribution >= 0.6 is 11.8 Å². The van der Waals surface area contributed by atoms with Crippen molar-refractivity contribution in [3.63, 3.8) is 0 Å². The van der Waals surface area contributed by atoms with Gasteiger partial charge in [0.15, 0.2) is 9.84 Å². The summed E-state index contributed by atoms with van der Waals surface area (Å²) >= 11 is 1.63. The van der Waals surface area contributed by atoms with Crippen molar-refractivity contribution < 1.29 is 12.8 Å². The lowest BCUT2D eigenvalue weighted by molar-refractivity contribution is 0.380. The Morgan fingerprint density at radius 1 is 1.43 bits per heavy atom. The SMILES string of the molecule is CC(C)(C)NCc1nnc(N2CCSCC2S(C)(=O)=O)o1. The molecule has 0 spiro atoms. The van der Waals surface area contributed by atoms with Gasteiger partial charge in [0.2, 0.25) is 5.89 Å². The van der Waals surface area contributed by atoms with E-state index in [4.69, 9.17) is 4.42 Å². The van der Waals surface area contributed by atoms with E-state index in [1.54, 1.807) is 16.7 Å². The zero-order valence-corrected chi connectivity index (χ0v) is 14.4. The van der Waals surface area contributed by atoms with Crippen LogP contribution in [0.25, 0.3) is 0 Å². The first-order valence-electron chi connectivity index (χ1n) is 6.77. The van der Waals surface area contributed by atoms with Crippen LogP contribution in [-0.4, -0.2) is 53.8 Å². The summed E-state index contributed by atoms with van der Waals surface area (Å²) in [5, 5.41) is 10.6. The van der Waals surface area contributed by atoms with Crippen LogP contribution in [0.4, 0.5) is 6.01 Å². The Hall–Kier alpha value is -0.800. The monoisotopic (exact) mass is 334 g/mol. The highest BCUT2D eigenvalue weighted by molar-refractivity contribution is 8.01. The molecule has 1 fully saturated rings. The normalized spacial score (nSPS) is 20.8. The first kappa shape index (κ1) is 16.6. The molecule has 21 heavy (non-hydrogen) atoms. The molecule has 1 saturated heterocycles. The van der Waals surface area contributed by atoms with E-state index < -0.39 is 15.2 Å². The summed E-state index contributed by atoms with van der Waals surface area (Å²) in [6.45, 7) is 7.20. The van der Waals surface area contributed by atoms with E-state index >= 15 is 0 Å². The zero-order valence-electron chi connectivity index (χ0n) is 12.8. The van der Waals surface area contributed by atoms with Crippen molar-refractivity contribution in [3.05, 3.63) is 5.89 Å². The van der Waals surface area contributed by atoms with E-state index in [9.17, 15) is 8.42 Å². The highest BCUT2D eigenvalue weighted by Gasteiger charge is 2.34. The van der Waals surface area contributed by atoms with Crippen molar-refractivity contribution in [2.45, 2.75) is 38.2 Å². The maximum Gasteiger partial charge on any atom is 0.319 e. The van der Waals surface area contributed by atoms with Gasteiger partial charge in [-0.25, -0.2) is 8.42 Å². The second kappa shape index (κ2) is 6.13. The summed E-state index contributed by atoms with van der Waals surface area (Å²) in [6.07, 6.45) is 1.25. The van der Waals surface area contributed by atoms with Crippen molar-refractivity contribution in [1.82, 2.24) is 15.5 Å². The molecule has 7 nitrogen and oxygen atoms in total. The van der Waals surface area contributed by atoms with Gasteiger partial charge in [0.25, 0.3) is 0 Å². The summed E-state index contributed by atoms with van der Waals surface area (Å²) in [6, 6.07) is 0.288. The fourth-order valence-electron chi connectivity index (χ4n) is 1.93. The van der Waals surface area contributed by atoms with E-state index in [1.165, 1.54) is 6.26 Å². The number of thioether (sulfide) groups is 1. The van der Waals surface area contributed by atoms with Crippen molar-refractivity contribution in [1.29, 1.82) is 0 Å². The summed E-state index contributed by atoms with van der Waals surface area (Å²) in [5.41, 5.74) is -0.0499. The number of anilines is 1. The number of aromatic nitrogens is 2. The Labute approximate surface area is 129 Å². The van der Waals surface area contributed by atoms with E-state index in [0.29, 0.717) is 24.7 Å². The molecule has 1 N–H and O–H groups in total. The second-order valence-corrected chi connectivity index (χ2v) is 9.49. The van der Waals surface area contributed by atoms with E-state index in [-0.39, 0.29) is 11.6 Å². The molecule has 1 aliphatic heterocycles. The van der Waals surface area contributed by atoms with Crippen LogP contribution < -0.4 is 10.2 Å². The zero-order chi connectivity index (χ0) is 15.7. The molecule has 2 rings (SSSR count). The van der Waals surface area contributed by atoms with Gasteiger partial charge in [0, 0.05) is 29.8 Å². The molecular formula is C12H22N4O3S2. The minimum Gasteiger partial charge on any atom is -0.407 e. The van der Waals surface area contributed by atoms with Gasteiger partial charge in [-0.05, 0) is 20.8 Å². The summed E-state index contributed by atoms with van der Waals surface area (Å²) in [5.74, 6) is 1.84. The number of hydrogen-bond acceptors (Lipinski definition) is 8. The number of sulfone groups is 1. The molecule has 0 radical (unpaired) electrons. The molecular weight excluding hydrogens is 312 g/mol. The fourth-order valence-corrected chi connectivity index (χ4v) is 4.74. The molecule has 0 bridgehead atoms. The summed E-state index contributed by atoms with van der Waals surface area (Å²) in [7, 11) is -3.19. The lowest BCUT2D eigenvalue weighted by Gasteiger charge is -2.32. The van der Waals surface area contributed by atoms with Gasteiger partial charge in [-0.3, -0.25) is 0 Å². The third kappa shape index (κ3) is 4.58. The minimum atomic E-state index is -3.19. The maximum absolute atomic E-state index is 11.9. The minimum absolute atomic E-state index is 0.0499. The molecule has 0 saturated carbocycles. The fraction of sp³-hybridized carbons (Fsp3) is 0.833. The maximum atomic E-state index is 11.9. The van der Waals surface area contributed by atoms with Crippen LogP contribution in [0.5, 0.6) is 0 Å². The number of nitrogens with zero attached hydrogens (tertiary/aromatic N) is 3. The standard InChI is InChI=1S/C12H22N4O3S2/c1-12(2,3)13-7-9-14-15-11(19-9)16-5-6-20-8-10(16)21(4,17)18/h10,13H,5-8H2,1-4H3. The summed E-state index contributed by atoms with van der Waals surface area (Å²) in [4.78, 5) is 1.69. The molecule has 1 aromatic rings. The molecule has 9 heteroatoms. The van der Waals surface area contributed by atoms with Crippen molar-refractivity contribution in [3.8, 4) is 0 Å². The van der Waals surface area contributed by atoms with Crippen LogP contribution in [0.1, 0.15) is 26.7 Å². The number of hydrogen-bond donors (Lipinski definition) is 1. The van der Waals surface area contributed by atoms with E-state index in [0.717, 1.165) is 5.75 Å². The van der Waals surface area contributed by atoms with Crippen LogP contribution in [-0.2, 0) is 16.4 Å². The first-order chi connectivity index (χ1) is 9.67. The average molecular weight is 334 g/mol. The largest absolute Gasteiger partial charge is 0.407 e. The van der Waals surface area contributed by atoms with Crippen LogP contribution in [0, 0.1) is 0 Å². The van der Waals surface area contributed by atoms with E-state index in [1.807, 2.05) is 20.8 Å². The lowest BCUT2D eigenvalue weighted by atomic mass is 10.1. The second-order valence-electron chi connectivity index (χ2n) is 6.13. The number of rotatable bonds is 4. The van der Waals surface area contributed by atoms with Gasteiger partial charge >= 0.3 is 6.01 Å². The Balaban J connectivity index is 2.12. The molecule has 0 amide bonds. The Morgan fingerprint density at radius 3 is 2.76 bits per heavy atom. The quantitative estimate of drug-likeness (QED) is 0.868. The van der Waals surface area contributed by atoms with Gasteiger partial charge in [-0.2, -0.15) is 11.8 Å². The molecule has 0 aliphatic carbocycles. The van der Waals surface area contributed by atoms with Crippen LogP contribution in [0.2, 0.25) is 0 Å². The van der Waals surface area contributed by atoms with Gasteiger partial charge in [0.1, 0.15) is 5.37 Å². The van der Waals surface area contributed by atoms with E-state index in [2.05, 4.69) is 15.5 Å². The first-order valence-corrected chi connectivity index (χ1v) is 9.88. The Bertz CT molecular complexity index is 580.